The number of thiazole rings is 1. The van der Waals surface area contributed by atoms with Crippen molar-refractivity contribution in [3.05, 3.63) is 75.7 Å². The zero-order chi connectivity index (χ0) is 21.5. The van der Waals surface area contributed by atoms with Crippen LogP contribution in [0.2, 0.25) is 0 Å². The highest BCUT2D eigenvalue weighted by molar-refractivity contribution is 7.09. The lowest BCUT2D eigenvalue weighted by Gasteiger charge is -2.28. The minimum atomic E-state index is -1.13. The van der Waals surface area contributed by atoms with Crippen LogP contribution in [0.25, 0.3) is 11.1 Å². The van der Waals surface area contributed by atoms with Gasteiger partial charge in [0.15, 0.2) is 6.04 Å². The Balaban J connectivity index is 1.40. The van der Waals surface area contributed by atoms with Gasteiger partial charge in [-0.25, -0.2) is 14.6 Å². The van der Waals surface area contributed by atoms with Crippen LogP contribution in [0.4, 0.5) is 4.79 Å². The Bertz CT molecular complexity index is 1110. The molecule has 0 bridgehead atoms. The second-order valence-corrected chi connectivity index (χ2v) is 9.04. The van der Waals surface area contributed by atoms with Gasteiger partial charge in [-0.1, -0.05) is 48.5 Å². The third kappa shape index (κ3) is 3.59. The molecule has 1 unspecified atom stereocenters. The molecule has 31 heavy (non-hydrogen) atoms. The van der Waals surface area contributed by atoms with Crippen molar-refractivity contribution < 1.29 is 19.4 Å². The number of aryl methyl sites for hydroxylation is 1. The number of nitrogens with zero attached hydrogens (tertiary/aromatic N) is 2. The van der Waals surface area contributed by atoms with Gasteiger partial charge in [-0.3, -0.25) is 4.90 Å². The number of benzene rings is 2. The van der Waals surface area contributed by atoms with E-state index < -0.39 is 18.1 Å². The Labute approximate surface area is 184 Å². The van der Waals surface area contributed by atoms with Crippen LogP contribution in [0.15, 0.2) is 53.9 Å². The smallest absolute Gasteiger partial charge is 0.411 e. The quantitative estimate of drug-likeness (QED) is 0.591. The number of ether oxygens (including phenoxy) is 1. The van der Waals surface area contributed by atoms with Crippen molar-refractivity contribution >= 4 is 23.4 Å². The summed E-state index contributed by atoms with van der Waals surface area (Å²) >= 11 is 1.38. The van der Waals surface area contributed by atoms with Crippen LogP contribution in [0, 0.1) is 6.92 Å². The molecule has 3 aromatic rings. The number of hydrogen-bond donors (Lipinski definition) is 1. The number of aromatic nitrogens is 1. The molecule has 1 heterocycles. The van der Waals surface area contributed by atoms with Crippen LogP contribution in [-0.4, -0.2) is 39.7 Å². The van der Waals surface area contributed by atoms with Crippen molar-refractivity contribution in [3.8, 4) is 11.1 Å². The molecule has 158 valence electrons. The highest BCUT2D eigenvalue weighted by atomic mass is 32.1. The van der Waals surface area contributed by atoms with E-state index in [9.17, 15) is 14.7 Å². The van der Waals surface area contributed by atoms with Crippen LogP contribution in [0.5, 0.6) is 0 Å². The lowest BCUT2D eigenvalue weighted by Crippen LogP contribution is -2.41. The van der Waals surface area contributed by atoms with E-state index in [0.29, 0.717) is 5.69 Å². The zero-order valence-corrected chi connectivity index (χ0v) is 17.8. The topological polar surface area (TPSA) is 79.7 Å². The van der Waals surface area contributed by atoms with E-state index in [1.165, 1.54) is 16.2 Å². The summed E-state index contributed by atoms with van der Waals surface area (Å²) in [6.07, 6.45) is 0.955. The minimum absolute atomic E-state index is 0.0674. The molecule has 7 heteroatoms. The molecule has 1 N–H and O–H groups in total. The van der Waals surface area contributed by atoms with Gasteiger partial charge in [-0.2, -0.15) is 0 Å². The van der Waals surface area contributed by atoms with Gasteiger partial charge in [0.1, 0.15) is 6.61 Å². The van der Waals surface area contributed by atoms with Crippen molar-refractivity contribution in [1.29, 1.82) is 0 Å². The number of fused-ring (bicyclic) bond motifs is 3. The van der Waals surface area contributed by atoms with Crippen LogP contribution in [-0.2, 0) is 9.53 Å². The maximum Gasteiger partial charge on any atom is 0.411 e. The van der Waals surface area contributed by atoms with Gasteiger partial charge in [-0.15, -0.1) is 11.3 Å². The molecule has 1 amide bonds. The minimum Gasteiger partial charge on any atom is -0.479 e. The maximum atomic E-state index is 13.1. The summed E-state index contributed by atoms with van der Waals surface area (Å²) in [7, 11) is 0. The summed E-state index contributed by atoms with van der Waals surface area (Å²) in [6, 6.07) is 15.0. The highest BCUT2D eigenvalue weighted by Crippen LogP contribution is 2.45. The van der Waals surface area contributed by atoms with Gasteiger partial charge in [-0.05, 0) is 42.0 Å². The predicted molar refractivity (Wildman–Crippen MR) is 117 cm³/mol. The first-order valence-corrected chi connectivity index (χ1v) is 11.2. The molecule has 0 aliphatic heterocycles. The fourth-order valence-electron chi connectivity index (χ4n) is 4.38. The summed E-state index contributed by atoms with van der Waals surface area (Å²) in [4.78, 5) is 30.9. The first-order valence-electron chi connectivity index (χ1n) is 10.3. The number of carbonyl (C=O) groups excluding carboxylic acids is 1. The number of aliphatic carboxylic acids is 1. The van der Waals surface area contributed by atoms with Crippen LogP contribution >= 0.6 is 11.3 Å². The Morgan fingerprint density at radius 2 is 1.74 bits per heavy atom. The molecule has 2 aliphatic carbocycles. The molecule has 0 radical (unpaired) electrons. The second-order valence-electron chi connectivity index (χ2n) is 7.97. The van der Waals surface area contributed by atoms with Crippen molar-refractivity contribution in [2.75, 3.05) is 6.61 Å². The molecule has 0 spiro atoms. The van der Waals surface area contributed by atoms with E-state index in [1.807, 2.05) is 31.2 Å². The lowest BCUT2D eigenvalue weighted by molar-refractivity contribution is -0.143. The van der Waals surface area contributed by atoms with Gasteiger partial charge in [0.25, 0.3) is 0 Å². The highest BCUT2D eigenvalue weighted by Gasteiger charge is 2.44. The number of amides is 1. The molecule has 1 aromatic heterocycles. The van der Waals surface area contributed by atoms with E-state index in [1.54, 1.807) is 5.38 Å². The van der Waals surface area contributed by atoms with Gasteiger partial charge < -0.3 is 9.84 Å². The van der Waals surface area contributed by atoms with Crippen LogP contribution in [0.3, 0.4) is 0 Å². The average molecular weight is 435 g/mol. The summed E-state index contributed by atoms with van der Waals surface area (Å²) in [5.41, 5.74) is 4.94. The molecule has 1 atom stereocenters. The third-order valence-corrected chi connectivity index (χ3v) is 6.71. The van der Waals surface area contributed by atoms with Crippen LogP contribution in [0.1, 0.15) is 46.6 Å². The number of carbonyl (C=O) groups is 2. The van der Waals surface area contributed by atoms with E-state index in [2.05, 4.69) is 29.2 Å². The lowest BCUT2D eigenvalue weighted by atomic mass is 9.98. The van der Waals surface area contributed by atoms with Crippen molar-refractivity contribution in [1.82, 2.24) is 9.88 Å². The SMILES string of the molecule is Cc1nc(C(C(=O)O)N(C(=O)OCC2c3ccccc3-c3ccccc32)C2CC2)cs1. The van der Waals surface area contributed by atoms with Crippen molar-refractivity contribution in [2.24, 2.45) is 0 Å². The molecule has 0 saturated heterocycles. The second kappa shape index (κ2) is 7.81. The Kier molecular flexibility index (Phi) is 4.98. The molecule has 6 nitrogen and oxygen atoms in total. The Morgan fingerprint density at radius 3 is 2.26 bits per heavy atom. The normalized spacial score (nSPS) is 15.8. The number of hydrogen-bond acceptors (Lipinski definition) is 5. The van der Waals surface area contributed by atoms with Gasteiger partial charge in [0.05, 0.1) is 10.7 Å². The fourth-order valence-corrected chi connectivity index (χ4v) is 5.01. The largest absolute Gasteiger partial charge is 0.479 e. The summed E-state index contributed by atoms with van der Waals surface area (Å²) in [5, 5.41) is 12.4. The molecular weight excluding hydrogens is 412 g/mol. The van der Waals surface area contributed by atoms with Gasteiger partial charge in [0, 0.05) is 17.3 Å². The third-order valence-electron chi connectivity index (χ3n) is 5.92. The number of rotatable bonds is 6. The van der Waals surface area contributed by atoms with E-state index in [-0.39, 0.29) is 18.6 Å². The summed E-state index contributed by atoms with van der Waals surface area (Å²) < 4.78 is 5.76. The molecule has 5 rings (SSSR count). The fraction of sp³-hybridized carbons (Fsp3) is 0.292. The molecule has 1 saturated carbocycles. The monoisotopic (exact) mass is 434 g/mol. The maximum absolute atomic E-state index is 13.1. The summed E-state index contributed by atoms with van der Waals surface area (Å²) in [5.74, 6) is -1.16. The molecule has 2 aliphatic rings. The van der Waals surface area contributed by atoms with E-state index in [0.717, 1.165) is 40.1 Å². The summed E-state index contributed by atoms with van der Waals surface area (Å²) in [6.45, 7) is 1.99. The van der Waals surface area contributed by atoms with E-state index in [4.69, 9.17) is 4.74 Å². The predicted octanol–water partition coefficient (Wildman–Crippen LogP) is 4.99. The molecule has 1 fully saturated rings. The van der Waals surface area contributed by atoms with Crippen LogP contribution < -0.4 is 0 Å². The standard InChI is InChI=1S/C24H22N2O4S/c1-14-25-21(13-31-14)22(23(27)28)26(15-10-11-15)24(29)30-12-20-18-8-4-2-6-16(18)17-7-3-5-9-19(17)20/h2-9,13,15,20,22H,10-12H2,1H3,(H,27,28). The first-order chi connectivity index (χ1) is 15.0. The van der Waals surface area contributed by atoms with E-state index >= 15 is 0 Å². The van der Waals surface area contributed by atoms with Crippen molar-refractivity contribution in [3.63, 3.8) is 0 Å². The zero-order valence-electron chi connectivity index (χ0n) is 17.0. The number of carboxylic acids is 1. The van der Waals surface area contributed by atoms with Gasteiger partial charge >= 0.3 is 12.1 Å². The van der Waals surface area contributed by atoms with Crippen molar-refractivity contribution in [2.45, 2.75) is 37.8 Å². The molecular formula is C24H22N2O4S. The first kappa shape index (κ1) is 19.8. The Hall–Kier alpha value is -3.19. The Morgan fingerprint density at radius 1 is 1.13 bits per heavy atom. The molecule has 2 aromatic carbocycles. The van der Waals surface area contributed by atoms with Gasteiger partial charge in [0.2, 0.25) is 0 Å². The number of carboxylic acid groups (broad SMARTS) is 1. The average Bonchev–Trinajstić information content (AvgIpc) is 3.43.